The predicted molar refractivity (Wildman–Crippen MR) is 56.6 cm³/mol. The van der Waals surface area contributed by atoms with Gasteiger partial charge in [0.15, 0.2) is 0 Å². The summed E-state index contributed by atoms with van der Waals surface area (Å²) in [5, 5.41) is 6.16. The van der Waals surface area contributed by atoms with Gasteiger partial charge in [-0.2, -0.15) is 0 Å². The number of nitrogens with one attached hydrogen (secondary N) is 2. The maximum Gasteiger partial charge on any atom is 0.224 e. The number of carbonyl (C=O) groups is 1. The van der Waals surface area contributed by atoms with Crippen molar-refractivity contribution in [1.82, 2.24) is 10.6 Å². The molecule has 1 heterocycles. The molecule has 1 fully saturated rings. The molecule has 1 aliphatic heterocycles. The maximum absolute atomic E-state index is 11.7. The third-order valence-electron chi connectivity index (χ3n) is 2.67. The minimum atomic E-state index is 0.113. The van der Waals surface area contributed by atoms with E-state index in [1.54, 1.807) is 0 Å². The minimum Gasteiger partial charge on any atom is -0.355 e. The second kappa shape index (κ2) is 5.66. The number of hydrogen-bond donors (Lipinski definition) is 2. The monoisotopic (exact) mass is 194 g/mol. The predicted octanol–water partition coefficient (Wildman–Crippen LogP) is 0.514. The average Bonchev–Trinajstić information content (AvgIpc) is 2.18. The van der Waals surface area contributed by atoms with Crippen molar-refractivity contribution < 1.29 is 4.79 Å². The van der Waals surface area contributed by atoms with Crippen molar-refractivity contribution in [2.75, 3.05) is 13.1 Å². The van der Waals surface area contributed by atoms with Gasteiger partial charge in [0, 0.05) is 19.0 Å². The van der Waals surface area contributed by atoms with Gasteiger partial charge in [-0.15, -0.1) is 12.3 Å². The van der Waals surface area contributed by atoms with E-state index in [0.29, 0.717) is 13.0 Å². The van der Waals surface area contributed by atoms with Gasteiger partial charge in [-0.1, -0.05) is 0 Å². The summed E-state index contributed by atoms with van der Waals surface area (Å²) in [5.74, 6) is 2.76. The van der Waals surface area contributed by atoms with E-state index in [2.05, 4.69) is 23.5 Å². The van der Waals surface area contributed by atoms with Crippen molar-refractivity contribution in [1.29, 1.82) is 0 Å². The van der Waals surface area contributed by atoms with Crippen LogP contribution in [0, 0.1) is 18.3 Å². The lowest BCUT2D eigenvalue weighted by molar-refractivity contribution is -0.126. The Morgan fingerprint density at radius 2 is 2.50 bits per heavy atom. The summed E-state index contributed by atoms with van der Waals surface area (Å²) < 4.78 is 0. The number of hydrogen-bond acceptors (Lipinski definition) is 2. The number of carbonyl (C=O) groups excluding carboxylic acids is 1. The number of rotatable bonds is 3. The molecule has 1 rings (SSSR count). The van der Waals surface area contributed by atoms with Crippen LogP contribution in [0.2, 0.25) is 0 Å². The lowest BCUT2D eigenvalue weighted by atomic mass is 9.91. The molecule has 0 aromatic rings. The Balaban J connectivity index is 2.31. The van der Waals surface area contributed by atoms with Crippen LogP contribution < -0.4 is 10.6 Å². The van der Waals surface area contributed by atoms with Crippen molar-refractivity contribution in [3.63, 3.8) is 0 Å². The molecule has 1 aliphatic rings. The molecule has 0 radical (unpaired) electrons. The normalized spacial score (nSPS) is 26.6. The van der Waals surface area contributed by atoms with Gasteiger partial charge < -0.3 is 10.6 Å². The van der Waals surface area contributed by atoms with Gasteiger partial charge in [0.1, 0.15) is 0 Å². The van der Waals surface area contributed by atoms with E-state index in [-0.39, 0.29) is 17.9 Å². The van der Waals surface area contributed by atoms with Crippen molar-refractivity contribution in [3.8, 4) is 12.3 Å². The molecule has 0 bridgehead atoms. The van der Waals surface area contributed by atoms with Crippen molar-refractivity contribution >= 4 is 5.91 Å². The van der Waals surface area contributed by atoms with Gasteiger partial charge in [0.05, 0.1) is 5.92 Å². The summed E-state index contributed by atoms with van der Waals surface area (Å²) in [6.45, 7) is 3.68. The molecule has 0 aromatic heterocycles. The quantitative estimate of drug-likeness (QED) is 0.508. The highest BCUT2D eigenvalue weighted by molar-refractivity contribution is 5.79. The molecule has 0 aromatic carbocycles. The van der Waals surface area contributed by atoms with E-state index < -0.39 is 0 Å². The third-order valence-corrected chi connectivity index (χ3v) is 2.67. The Labute approximate surface area is 85.6 Å². The lowest BCUT2D eigenvalue weighted by Gasteiger charge is -2.28. The molecule has 14 heavy (non-hydrogen) atoms. The Morgan fingerprint density at radius 1 is 1.71 bits per heavy atom. The molecule has 3 nitrogen and oxygen atoms in total. The van der Waals surface area contributed by atoms with Crippen LogP contribution in [0.3, 0.4) is 0 Å². The molecule has 1 amide bonds. The molecule has 0 saturated carbocycles. The summed E-state index contributed by atoms with van der Waals surface area (Å²) in [7, 11) is 0. The molecule has 0 aliphatic carbocycles. The third kappa shape index (κ3) is 3.04. The van der Waals surface area contributed by atoms with E-state index in [0.717, 1.165) is 19.4 Å². The first-order chi connectivity index (χ1) is 6.75. The fraction of sp³-hybridized carbons (Fsp3) is 0.727. The second-order valence-electron chi connectivity index (χ2n) is 3.74. The smallest absolute Gasteiger partial charge is 0.224 e. The van der Waals surface area contributed by atoms with Gasteiger partial charge in [0.25, 0.3) is 0 Å². The Morgan fingerprint density at radius 3 is 3.14 bits per heavy atom. The summed E-state index contributed by atoms with van der Waals surface area (Å²) in [5.41, 5.74) is 0. The zero-order valence-electron chi connectivity index (χ0n) is 8.68. The lowest BCUT2D eigenvalue weighted by Crippen LogP contribution is -2.46. The SMILES string of the molecule is C#CCCNC(=O)[C@@H]1CCCN[C@@H]1C. The van der Waals surface area contributed by atoms with E-state index >= 15 is 0 Å². The van der Waals surface area contributed by atoms with Crippen molar-refractivity contribution in [2.24, 2.45) is 5.92 Å². The molecule has 3 heteroatoms. The summed E-state index contributed by atoms with van der Waals surface area (Å²) in [6, 6.07) is 0.287. The summed E-state index contributed by atoms with van der Waals surface area (Å²) in [6.07, 6.45) is 7.78. The highest BCUT2D eigenvalue weighted by Gasteiger charge is 2.26. The highest BCUT2D eigenvalue weighted by atomic mass is 16.1. The average molecular weight is 194 g/mol. The van der Waals surface area contributed by atoms with E-state index in [1.807, 2.05) is 0 Å². The van der Waals surface area contributed by atoms with Crippen LogP contribution in [0.15, 0.2) is 0 Å². The van der Waals surface area contributed by atoms with Crippen LogP contribution in [-0.4, -0.2) is 25.0 Å². The molecule has 2 atom stereocenters. The van der Waals surface area contributed by atoms with Gasteiger partial charge in [-0.3, -0.25) is 4.79 Å². The molecular weight excluding hydrogens is 176 g/mol. The largest absolute Gasteiger partial charge is 0.355 e. The fourth-order valence-electron chi connectivity index (χ4n) is 1.79. The van der Waals surface area contributed by atoms with Crippen LogP contribution in [0.4, 0.5) is 0 Å². The molecule has 78 valence electrons. The van der Waals surface area contributed by atoms with Crippen LogP contribution in [0.25, 0.3) is 0 Å². The van der Waals surface area contributed by atoms with Crippen molar-refractivity contribution in [3.05, 3.63) is 0 Å². The Hall–Kier alpha value is -1.01. The maximum atomic E-state index is 11.7. The number of terminal acetylenes is 1. The zero-order chi connectivity index (χ0) is 10.4. The zero-order valence-corrected chi connectivity index (χ0v) is 8.68. The summed E-state index contributed by atoms with van der Waals surface area (Å²) in [4.78, 5) is 11.7. The molecule has 0 unspecified atom stereocenters. The first-order valence-corrected chi connectivity index (χ1v) is 5.20. The minimum absolute atomic E-state index is 0.113. The van der Waals surface area contributed by atoms with E-state index in [4.69, 9.17) is 6.42 Å². The van der Waals surface area contributed by atoms with Gasteiger partial charge in [-0.05, 0) is 26.3 Å². The van der Waals surface area contributed by atoms with Gasteiger partial charge >= 0.3 is 0 Å². The van der Waals surface area contributed by atoms with Gasteiger partial charge in [0.2, 0.25) is 5.91 Å². The van der Waals surface area contributed by atoms with E-state index in [1.165, 1.54) is 0 Å². The fourth-order valence-corrected chi connectivity index (χ4v) is 1.79. The van der Waals surface area contributed by atoms with Crippen LogP contribution in [-0.2, 0) is 4.79 Å². The topological polar surface area (TPSA) is 41.1 Å². The second-order valence-corrected chi connectivity index (χ2v) is 3.74. The molecular formula is C11H18N2O. The van der Waals surface area contributed by atoms with Crippen LogP contribution in [0.1, 0.15) is 26.2 Å². The first-order valence-electron chi connectivity index (χ1n) is 5.20. The van der Waals surface area contributed by atoms with E-state index in [9.17, 15) is 4.79 Å². The standard InChI is InChI=1S/C11H18N2O/c1-3-4-7-13-11(14)10-6-5-8-12-9(10)2/h1,9-10,12H,4-8H2,2H3,(H,13,14)/t9-,10-/m1/s1. The Bertz CT molecular complexity index is 232. The van der Waals surface area contributed by atoms with Crippen LogP contribution >= 0.6 is 0 Å². The Kier molecular flexibility index (Phi) is 4.48. The molecule has 2 N–H and O–H groups in total. The first kappa shape index (κ1) is 11.1. The van der Waals surface area contributed by atoms with Crippen molar-refractivity contribution in [2.45, 2.75) is 32.2 Å². The van der Waals surface area contributed by atoms with Crippen LogP contribution in [0.5, 0.6) is 0 Å². The van der Waals surface area contributed by atoms with Gasteiger partial charge in [-0.25, -0.2) is 0 Å². The molecule has 1 saturated heterocycles. The molecule has 0 spiro atoms. The number of piperidine rings is 1. The highest BCUT2D eigenvalue weighted by Crippen LogP contribution is 2.15. The number of amides is 1. The summed E-state index contributed by atoms with van der Waals surface area (Å²) >= 11 is 0.